The van der Waals surface area contributed by atoms with Crippen LogP contribution in [0.2, 0.25) is 0 Å². The molecule has 2 nitrogen and oxygen atoms in total. The van der Waals surface area contributed by atoms with Crippen molar-refractivity contribution in [2.75, 3.05) is 0 Å². The first-order valence-electron chi connectivity index (χ1n) is 6.95. The standard InChI is InChI=1S/C17H19F2NO/c1-3-16(20)17(12-4-6-13(18)7-5-12)21-14-8-9-15(19)11(2)10-14/h4-10,16-17H,3,20H2,1-2H3. The normalized spacial score (nSPS) is 13.8. The van der Waals surface area contributed by atoms with Gasteiger partial charge in [0.25, 0.3) is 0 Å². The molecule has 0 fully saturated rings. The molecule has 21 heavy (non-hydrogen) atoms. The highest BCUT2D eigenvalue weighted by Gasteiger charge is 2.21. The molecule has 0 aliphatic heterocycles. The van der Waals surface area contributed by atoms with Crippen LogP contribution in [0.5, 0.6) is 5.75 Å². The first-order chi connectivity index (χ1) is 10.0. The van der Waals surface area contributed by atoms with Crippen molar-refractivity contribution < 1.29 is 13.5 Å². The summed E-state index contributed by atoms with van der Waals surface area (Å²) in [5.41, 5.74) is 7.42. The van der Waals surface area contributed by atoms with Gasteiger partial charge in [0.1, 0.15) is 23.5 Å². The first kappa shape index (κ1) is 15.4. The molecule has 2 aromatic rings. The zero-order chi connectivity index (χ0) is 15.4. The molecule has 0 heterocycles. The van der Waals surface area contributed by atoms with Crippen LogP contribution in [0, 0.1) is 18.6 Å². The van der Waals surface area contributed by atoms with E-state index in [0.717, 1.165) is 5.56 Å². The molecule has 112 valence electrons. The number of rotatable bonds is 5. The smallest absolute Gasteiger partial charge is 0.139 e. The summed E-state index contributed by atoms with van der Waals surface area (Å²) in [6, 6.07) is 10.4. The van der Waals surface area contributed by atoms with Gasteiger partial charge in [0.15, 0.2) is 0 Å². The maximum atomic E-state index is 13.3. The Kier molecular flexibility index (Phi) is 4.91. The molecule has 0 radical (unpaired) electrons. The van der Waals surface area contributed by atoms with Crippen molar-refractivity contribution in [3.8, 4) is 5.75 Å². The topological polar surface area (TPSA) is 35.2 Å². The van der Waals surface area contributed by atoms with E-state index >= 15 is 0 Å². The average molecular weight is 291 g/mol. The summed E-state index contributed by atoms with van der Waals surface area (Å²) in [6.07, 6.45) is 0.308. The van der Waals surface area contributed by atoms with Gasteiger partial charge < -0.3 is 10.5 Å². The van der Waals surface area contributed by atoms with E-state index in [9.17, 15) is 8.78 Å². The predicted octanol–water partition coefficient (Wildman–Crippen LogP) is 4.13. The molecule has 0 bridgehead atoms. The molecule has 0 saturated heterocycles. The van der Waals surface area contributed by atoms with E-state index in [1.54, 1.807) is 31.2 Å². The second-order valence-corrected chi connectivity index (χ2v) is 5.07. The minimum absolute atomic E-state index is 0.235. The van der Waals surface area contributed by atoms with Gasteiger partial charge in [-0.3, -0.25) is 0 Å². The maximum Gasteiger partial charge on any atom is 0.139 e. The van der Waals surface area contributed by atoms with Crippen molar-refractivity contribution in [3.05, 3.63) is 65.2 Å². The summed E-state index contributed by atoms with van der Waals surface area (Å²) in [5.74, 6) is -0.0345. The van der Waals surface area contributed by atoms with E-state index in [4.69, 9.17) is 10.5 Å². The molecule has 4 heteroatoms. The summed E-state index contributed by atoms with van der Waals surface area (Å²) in [7, 11) is 0. The lowest BCUT2D eigenvalue weighted by Crippen LogP contribution is -2.31. The first-order valence-corrected chi connectivity index (χ1v) is 6.95. The summed E-state index contributed by atoms with van der Waals surface area (Å²) >= 11 is 0. The van der Waals surface area contributed by atoms with Gasteiger partial charge in [0.05, 0.1) is 0 Å². The Bertz CT molecular complexity index is 598. The molecule has 2 unspecified atom stereocenters. The molecular weight excluding hydrogens is 272 g/mol. The summed E-state index contributed by atoms with van der Waals surface area (Å²) in [6.45, 7) is 3.63. The second-order valence-electron chi connectivity index (χ2n) is 5.07. The number of ether oxygens (including phenoxy) is 1. The number of benzene rings is 2. The third-order valence-electron chi connectivity index (χ3n) is 3.45. The molecule has 2 N–H and O–H groups in total. The van der Waals surface area contributed by atoms with Crippen LogP contribution in [0.4, 0.5) is 8.78 Å². The number of hydrogen-bond acceptors (Lipinski definition) is 2. The van der Waals surface area contributed by atoms with E-state index < -0.39 is 6.10 Å². The van der Waals surface area contributed by atoms with Crippen molar-refractivity contribution in [1.29, 1.82) is 0 Å². The van der Waals surface area contributed by atoms with Gasteiger partial charge in [-0.05, 0) is 54.8 Å². The van der Waals surface area contributed by atoms with E-state index in [2.05, 4.69) is 0 Å². The van der Waals surface area contributed by atoms with Crippen molar-refractivity contribution in [1.82, 2.24) is 0 Å². The molecule has 0 aromatic heterocycles. The van der Waals surface area contributed by atoms with Gasteiger partial charge in [0.2, 0.25) is 0 Å². The van der Waals surface area contributed by atoms with Crippen LogP contribution in [0.3, 0.4) is 0 Å². The highest BCUT2D eigenvalue weighted by atomic mass is 19.1. The molecule has 0 aliphatic rings. The molecule has 0 aliphatic carbocycles. The fourth-order valence-corrected chi connectivity index (χ4v) is 2.11. The van der Waals surface area contributed by atoms with Gasteiger partial charge in [-0.1, -0.05) is 19.1 Å². The minimum Gasteiger partial charge on any atom is -0.484 e. The van der Waals surface area contributed by atoms with Crippen LogP contribution >= 0.6 is 0 Å². The summed E-state index contributed by atoms with van der Waals surface area (Å²) in [4.78, 5) is 0. The lowest BCUT2D eigenvalue weighted by atomic mass is 10.0. The van der Waals surface area contributed by atoms with E-state index in [1.807, 2.05) is 6.92 Å². The number of halogens is 2. The Labute approximate surface area is 123 Å². The zero-order valence-electron chi connectivity index (χ0n) is 12.1. The zero-order valence-corrected chi connectivity index (χ0v) is 12.1. The Hall–Kier alpha value is -1.94. The van der Waals surface area contributed by atoms with Crippen molar-refractivity contribution in [3.63, 3.8) is 0 Å². The van der Waals surface area contributed by atoms with E-state index in [-0.39, 0.29) is 17.7 Å². The van der Waals surface area contributed by atoms with Gasteiger partial charge >= 0.3 is 0 Å². The van der Waals surface area contributed by atoms with Crippen LogP contribution in [-0.2, 0) is 0 Å². The highest BCUT2D eigenvalue weighted by molar-refractivity contribution is 5.30. The molecule has 2 atom stereocenters. The second kappa shape index (κ2) is 6.68. The molecule has 0 saturated carbocycles. The molecule has 2 rings (SSSR count). The van der Waals surface area contributed by atoms with Crippen LogP contribution < -0.4 is 10.5 Å². The highest BCUT2D eigenvalue weighted by Crippen LogP contribution is 2.27. The Morgan fingerprint density at radius 3 is 2.33 bits per heavy atom. The minimum atomic E-state index is -0.402. The van der Waals surface area contributed by atoms with Crippen molar-refractivity contribution in [2.45, 2.75) is 32.4 Å². The van der Waals surface area contributed by atoms with E-state index in [1.165, 1.54) is 18.2 Å². The fraction of sp³-hybridized carbons (Fsp3) is 0.294. The third kappa shape index (κ3) is 3.79. The lowest BCUT2D eigenvalue weighted by Gasteiger charge is -2.25. The molecular formula is C17H19F2NO. The summed E-state index contributed by atoms with van der Waals surface area (Å²) in [5, 5.41) is 0. The van der Waals surface area contributed by atoms with E-state index in [0.29, 0.717) is 17.7 Å². The van der Waals surface area contributed by atoms with Crippen molar-refractivity contribution >= 4 is 0 Å². The molecule has 2 aromatic carbocycles. The Balaban J connectivity index is 2.28. The Morgan fingerprint density at radius 2 is 1.76 bits per heavy atom. The number of aryl methyl sites for hydroxylation is 1. The van der Waals surface area contributed by atoms with Gasteiger partial charge in [-0.2, -0.15) is 0 Å². The summed E-state index contributed by atoms with van der Waals surface area (Å²) < 4.78 is 32.3. The molecule has 0 spiro atoms. The fourth-order valence-electron chi connectivity index (χ4n) is 2.11. The van der Waals surface area contributed by atoms with Crippen LogP contribution in [-0.4, -0.2) is 6.04 Å². The third-order valence-corrected chi connectivity index (χ3v) is 3.45. The van der Waals surface area contributed by atoms with Crippen LogP contribution in [0.1, 0.15) is 30.6 Å². The molecule has 0 amide bonds. The Morgan fingerprint density at radius 1 is 1.10 bits per heavy atom. The predicted molar refractivity (Wildman–Crippen MR) is 79.2 cm³/mol. The maximum absolute atomic E-state index is 13.3. The van der Waals surface area contributed by atoms with Crippen LogP contribution in [0.15, 0.2) is 42.5 Å². The monoisotopic (exact) mass is 291 g/mol. The van der Waals surface area contributed by atoms with Crippen LogP contribution in [0.25, 0.3) is 0 Å². The van der Waals surface area contributed by atoms with Gasteiger partial charge in [-0.25, -0.2) is 8.78 Å². The number of hydrogen-bond donors (Lipinski definition) is 1. The number of nitrogens with two attached hydrogens (primary N) is 1. The van der Waals surface area contributed by atoms with Gasteiger partial charge in [0, 0.05) is 6.04 Å². The lowest BCUT2D eigenvalue weighted by molar-refractivity contribution is 0.170. The quantitative estimate of drug-likeness (QED) is 0.899. The van der Waals surface area contributed by atoms with Gasteiger partial charge in [-0.15, -0.1) is 0 Å². The largest absolute Gasteiger partial charge is 0.484 e. The average Bonchev–Trinajstić information content (AvgIpc) is 2.48. The van der Waals surface area contributed by atoms with Crippen molar-refractivity contribution in [2.24, 2.45) is 5.73 Å². The SMILES string of the molecule is CCC(N)C(Oc1ccc(F)c(C)c1)c1ccc(F)cc1.